The number of amides is 2. The van der Waals surface area contributed by atoms with Crippen LogP contribution in [0, 0.1) is 5.82 Å². The van der Waals surface area contributed by atoms with Gasteiger partial charge in [0, 0.05) is 31.9 Å². The van der Waals surface area contributed by atoms with Crippen LogP contribution in [0.2, 0.25) is 0 Å². The van der Waals surface area contributed by atoms with Gasteiger partial charge >= 0.3 is 0 Å². The molecule has 0 saturated carbocycles. The zero-order chi connectivity index (χ0) is 30.7. The third kappa shape index (κ3) is 6.91. The van der Waals surface area contributed by atoms with Crippen molar-refractivity contribution in [3.8, 4) is 22.9 Å². The van der Waals surface area contributed by atoms with Crippen molar-refractivity contribution in [2.24, 2.45) is 0 Å². The van der Waals surface area contributed by atoms with Crippen LogP contribution in [-0.4, -0.2) is 63.3 Å². The molecule has 2 amide bonds. The molecule has 224 valence electrons. The fraction of sp³-hybridized carbons (Fsp3) is 0.323. The number of hydrogen-bond acceptors (Lipinski definition) is 8. The maximum Gasteiger partial charge on any atom is 0.247 e. The summed E-state index contributed by atoms with van der Waals surface area (Å²) in [4.78, 5) is 32.6. The Kier molecular flexibility index (Phi) is 8.29. The van der Waals surface area contributed by atoms with Crippen LogP contribution in [0.25, 0.3) is 11.4 Å². The van der Waals surface area contributed by atoms with E-state index in [1.165, 1.54) is 17.0 Å². The highest BCUT2D eigenvalue weighted by atomic mass is 19.1. The van der Waals surface area contributed by atoms with Crippen molar-refractivity contribution in [3.63, 3.8) is 0 Å². The van der Waals surface area contributed by atoms with Crippen molar-refractivity contribution < 1.29 is 23.5 Å². The molecule has 3 aromatic carbocycles. The average Bonchev–Trinajstić information content (AvgIpc) is 3.61. The molecule has 1 N–H and O–H groups in total. The van der Waals surface area contributed by atoms with E-state index in [-0.39, 0.29) is 37.2 Å². The third-order valence-corrected chi connectivity index (χ3v) is 6.74. The Balaban J connectivity index is 1.52. The molecule has 1 aliphatic rings. The van der Waals surface area contributed by atoms with Crippen LogP contribution in [0.1, 0.15) is 37.9 Å². The number of nitrogens with zero attached hydrogens (tertiary/aromatic N) is 6. The Hall–Kier alpha value is -5.00. The fourth-order valence-corrected chi connectivity index (χ4v) is 4.70. The predicted molar refractivity (Wildman–Crippen MR) is 158 cm³/mol. The minimum absolute atomic E-state index is 0.0505. The SMILES string of the molecule is CN(C)c1ccc(C(C(=O)NC(C)(C)C)N(Cc2ccc3c(c2)OCO3)C(=O)Cn2nnc(-c3ccccc3F)n2)cc1. The number of carbonyl (C=O) groups is 2. The average molecular weight is 588 g/mol. The molecule has 0 aliphatic carbocycles. The van der Waals surface area contributed by atoms with E-state index in [4.69, 9.17) is 9.47 Å². The zero-order valence-electron chi connectivity index (χ0n) is 24.7. The maximum atomic E-state index is 14.3. The summed E-state index contributed by atoms with van der Waals surface area (Å²) < 4.78 is 25.4. The van der Waals surface area contributed by atoms with Crippen molar-refractivity contribution in [1.29, 1.82) is 0 Å². The molecule has 0 spiro atoms. The summed E-state index contributed by atoms with van der Waals surface area (Å²) in [7, 11) is 3.85. The van der Waals surface area contributed by atoms with Crippen molar-refractivity contribution in [2.45, 2.75) is 45.4 Å². The molecular weight excluding hydrogens is 553 g/mol. The lowest BCUT2D eigenvalue weighted by molar-refractivity contribution is -0.143. The number of rotatable bonds is 9. The second kappa shape index (κ2) is 12.1. The van der Waals surface area contributed by atoms with Gasteiger partial charge in [-0.2, -0.15) is 4.80 Å². The minimum atomic E-state index is -0.997. The number of tetrazole rings is 1. The molecule has 4 aromatic rings. The second-order valence-electron chi connectivity index (χ2n) is 11.5. The van der Waals surface area contributed by atoms with Gasteiger partial charge in [-0.05, 0) is 73.5 Å². The van der Waals surface area contributed by atoms with Gasteiger partial charge in [0.25, 0.3) is 0 Å². The Morgan fingerprint density at radius 2 is 1.74 bits per heavy atom. The highest BCUT2D eigenvalue weighted by Crippen LogP contribution is 2.34. The lowest BCUT2D eigenvalue weighted by Gasteiger charge is -2.34. The van der Waals surface area contributed by atoms with E-state index in [0.29, 0.717) is 17.1 Å². The first-order valence-electron chi connectivity index (χ1n) is 13.8. The van der Waals surface area contributed by atoms with Crippen LogP contribution in [0.3, 0.4) is 0 Å². The highest BCUT2D eigenvalue weighted by molar-refractivity contribution is 5.89. The Labute approximate surface area is 249 Å². The van der Waals surface area contributed by atoms with Gasteiger partial charge in [0.1, 0.15) is 18.4 Å². The Morgan fingerprint density at radius 3 is 2.44 bits per heavy atom. The molecule has 1 aliphatic heterocycles. The predicted octanol–water partition coefficient (Wildman–Crippen LogP) is 3.96. The number of benzene rings is 3. The summed E-state index contributed by atoms with van der Waals surface area (Å²) in [5.74, 6) is -0.0788. The molecule has 43 heavy (non-hydrogen) atoms. The number of nitrogens with one attached hydrogen (secondary N) is 1. The third-order valence-electron chi connectivity index (χ3n) is 6.74. The number of ether oxygens (including phenoxy) is 2. The van der Waals surface area contributed by atoms with Gasteiger partial charge in [-0.15, -0.1) is 10.2 Å². The summed E-state index contributed by atoms with van der Waals surface area (Å²) >= 11 is 0. The van der Waals surface area contributed by atoms with Gasteiger partial charge in [0.15, 0.2) is 11.5 Å². The summed E-state index contributed by atoms with van der Waals surface area (Å²) in [5, 5.41) is 15.2. The summed E-state index contributed by atoms with van der Waals surface area (Å²) in [5.41, 5.74) is 1.91. The van der Waals surface area contributed by atoms with Crippen LogP contribution in [0.15, 0.2) is 66.7 Å². The highest BCUT2D eigenvalue weighted by Gasteiger charge is 2.34. The number of carbonyl (C=O) groups excluding carboxylic acids is 2. The quantitative estimate of drug-likeness (QED) is 0.313. The molecular formula is C31H34FN7O4. The molecule has 11 nitrogen and oxygen atoms in total. The monoisotopic (exact) mass is 587 g/mol. The van der Waals surface area contributed by atoms with Crippen LogP contribution >= 0.6 is 0 Å². The first-order valence-corrected chi connectivity index (χ1v) is 13.8. The number of anilines is 1. The summed E-state index contributed by atoms with van der Waals surface area (Å²) in [6.07, 6.45) is 0. The molecule has 1 atom stereocenters. The van der Waals surface area contributed by atoms with Crippen molar-refractivity contribution >= 4 is 17.5 Å². The van der Waals surface area contributed by atoms with Crippen molar-refractivity contribution in [2.75, 3.05) is 25.8 Å². The van der Waals surface area contributed by atoms with Crippen LogP contribution < -0.4 is 19.7 Å². The lowest BCUT2D eigenvalue weighted by Crippen LogP contribution is -2.49. The van der Waals surface area contributed by atoms with E-state index in [9.17, 15) is 14.0 Å². The molecule has 0 bridgehead atoms. The minimum Gasteiger partial charge on any atom is -0.454 e. The van der Waals surface area contributed by atoms with Gasteiger partial charge in [-0.1, -0.05) is 30.3 Å². The standard InChI is InChI=1S/C31H34FN7O4/c1-31(2,3)33-30(41)28(21-11-13-22(14-12-21)37(4)5)38(17-20-10-15-25-26(16-20)43-19-42-25)27(40)18-39-35-29(34-36-39)23-8-6-7-9-24(23)32/h6-16,28H,17-19H2,1-5H3,(H,33,41). The van der Waals surface area contributed by atoms with Gasteiger partial charge in [-0.3, -0.25) is 9.59 Å². The largest absolute Gasteiger partial charge is 0.454 e. The Morgan fingerprint density at radius 1 is 1.02 bits per heavy atom. The topological polar surface area (TPSA) is 115 Å². The second-order valence-corrected chi connectivity index (χ2v) is 11.5. The van der Waals surface area contributed by atoms with E-state index in [2.05, 4.69) is 20.7 Å². The lowest BCUT2D eigenvalue weighted by atomic mass is 10.00. The molecule has 5 rings (SSSR count). The number of fused-ring (bicyclic) bond motifs is 1. The van der Waals surface area contributed by atoms with E-state index < -0.39 is 23.3 Å². The summed E-state index contributed by atoms with van der Waals surface area (Å²) in [6.45, 7) is 5.49. The smallest absolute Gasteiger partial charge is 0.247 e. The van der Waals surface area contributed by atoms with Gasteiger partial charge < -0.3 is 24.6 Å². The van der Waals surface area contributed by atoms with Crippen LogP contribution in [0.4, 0.5) is 10.1 Å². The molecule has 12 heteroatoms. The summed E-state index contributed by atoms with van der Waals surface area (Å²) in [6, 6.07) is 17.9. The van der Waals surface area contributed by atoms with Gasteiger partial charge in [0.2, 0.25) is 24.4 Å². The normalized spacial score (nSPS) is 13.0. The first kappa shape index (κ1) is 29.5. The molecule has 1 unspecified atom stereocenters. The van der Waals surface area contributed by atoms with Crippen LogP contribution in [0.5, 0.6) is 11.5 Å². The number of hydrogen-bond donors (Lipinski definition) is 1. The van der Waals surface area contributed by atoms with Crippen molar-refractivity contribution in [3.05, 3.63) is 83.7 Å². The maximum absolute atomic E-state index is 14.3. The molecule has 2 heterocycles. The van der Waals surface area contributed by atoms with Gasteiger partial charge in [0.05, 0.1) is 5.56 Å². The van der Waals surface area contributed by atoms with E-state index in [1.54, 1.807) is 24.3 Å². The molecule has 0 fully saturated rings. The number of halogens is 1. The van der Waals surface area contributed by atoms with E-state index >= 15 is 0 Å². The van der Waals surface area contributed by atoms with E-state index in [0.717, 1.165) is 16.0 Å². The van der Waals surface area contributed by atoms with Crippen molar-refractivity contribution in [1.82, 2.24) is 30.4 Å². The molecule has 1 aromatic heterocycles. The molecule has 0 radical (unpaired) electrons. The fourth-order valence-electron chi connectivity index (χ4n) is 4.70. The first-order chi connectivity index (χ1) is 20.5. The number of aromatic nitrogens is 4. The molecule has 0 saturated heterocycles. The van der Waals surface area contributed by atoms with Crippen LogP contribution in [-0.2, 0) is 22.7 Å². The zero-order valence-corrected chi connectivity index (χ0v) is 24.7. The van der Waals surface area contributed by atoms with E-state index in [1.807, 2.05) is 70.1 Å². The Bertz CT molecular complexity index is 1620. The van der Waals surface area contributed by atoms with Gasteiger partial charge in [-0.25, -0.2) is 4.39 Å².